The summed E-state index contributed by atoms with van der Waals surface area (Å²) in [7, 11) is 4.61. The molecule has 5 nitrogen and oxygen atoms in total. The zero-order chi connectivity index (χ0) is 17.0. The topological polar surface area (TPSA) is 65.0 Å². The molecule has 0 amide bonds. The number of aromatic carboxylic acids is 1. The summed E-state index contributed by atoms with van der Waals surface area (Å²) < 4.78 is 15.7. The summed E-state index contributed by atoms with van der Waals surface area (Å²) in [4.78, 5) is 11.6. The molecule has 0 spiro atoms. The molecule has 0 unspecified atom stereocenters. The van der Waals surface area contributed by atoms with Crippen LogP contribution in [0, 0.1) is 6.92 Å². The summed E-state index contributed by atoms with van der Waals surface area (Å²) in [6.45, 7) is 1.95. The maximum Gasteiger partial charge on any atom is 0.339 e. The van der Waals surface area contributed by atoms with Crippen LogP contribution < -0.4 is 14.2 Å². The van der Waals surface area contributed by atoms with Gasteiger partial charge in [-0.05, 0) is 42.2 Å². The molecule has 0 aliphatic heterocycles. The van der Waals surface area contributed by atoms with Crippen LogP contribution in [0.15, 0.2) is 30.3 Å². The Bertz CT molecular complexity index is 722. The van der Waals surface area contributed by atoms with Crippen molar-refractivity contribution in [2.75, 3.05) is 21.3 Å². The van der Waals surface area contributed by atoms with E-state index in [0.717, 1.165) is 16.9 Å². The minimum absolute atomic E-state index is 0.154. The molecule has 2 rings (SSSR count). The first-order valence-corrected chi connectivity index (χ1v) is 7.11. The predicted molar refractivity (Wildman–Crippen MR) is 87.0 cm³/mol. The maximum atomic E-state index is 11.6. The van der Waals surface area contributed by atoms with E-state index in [1.165, 1.54) is 14.2 Å². The van der Waals surface area contributed by atoms with Gasteiger partial charge in [-0.25, -0.2) is 4.79 Å². The average molecular weight is 316 g/mol. The molecule has 0 aromatic heterocycles. The van der Waals surface area contributed by atoms with Crippen molar-refractivity contribution in [3.8, 4) is 17.2 Å². The van der Waals surface area contributed by atoms with E-state index in [9.17, 15) is 9.90 Å². The standard InChI is InChI=1S/C18H20O5/c1-11-7-12(5-6-15(11)22-3)8-13-9-14(21-2)10-16(23-4)17(13)18(19)20/h5-7,9-10H,8H2,1-4H3,(H,19,20). The van der Waals surface area contributed by atoms with Gasteiger partial charge in [0.25, 0.3) is 0 Å². The Labute approximate surface area is 135 Å². The molecule has 122 valence electrons. The monoisotopic (exact) mass is 316 g/mol. The summed E-state index contributed by atoms with van der Waals surface area (Å²) in [6.07, 6.45) is 0.458. The third-order valence-corrected chi connectivity index (χ3v) is 3.68. The maximum absolute atomic E-state index is 11.6. The summed E-state index contributed by atoms with van der Waals surface area (Å²) in [6, 6.07) is 9.08. The van der Waals surface area contributed by atoms with Crippen LogP contribution in [0.4, 0.5) is 0 Å². The van der Waals surface area contributed by atoms with Gasteiger partial charge in [0.1, 0.15) is 22.8 Å². The van der Waals surface area contributed by atoms with E-state index >= 15 is 0 Å². The summed E-state index contributed by atoms with van der Waals surface area (Å²) in [5, 5.41) is 9.52. The third kappa shape index (κ3) is 3.56. The van der Waals surface area contributed by atoms with Crippen molar-refractivity contribution in [2.24, 2.45) is 0 Å². The summed E-state index contributed by atoms with van der Waals surface area (Å²) in [5.74, 6) is 0.629. The molecule has 0 fully saturated rings. The smallest absolute Gasteiger partial charge is 0.339 e. The zero-order valence-corrected chi connectivity index (χ0v) is 13.7. The zero-order valence-electron chi connectivity index (χ0n) is 13.7. The molecule has 2 aromatic carbocycles. The van der Waals surface area contributed by atoms with Crippen molar-refractivity contribution in [3.63, 3.8) is 0 Å². The average Bonchev–Trinajstić information content (AvgIpc) is 2.53. The van der Waals surface area contributed by atoms with Crippen LogP contribution in [0.1, 0.15) is 27.0 Å². The number of hydrogen-bond donors (Lipinski definition) is 1. The molecule has 0 saturated heterocycles. The lowest BCUT2D eigenvalue weighted by atomic mass is 9.97. The van der Waals surface area contributed by atoms with E-state index < -0.39 is 5.97 Å². The van der Waals surface area contributed by atoms with E-state index in [1.807, 2.05) is 25.1 Å². The van der Waals surface area contributed by atoms with Crippen molar-refractivity contribution in [3.05, 3.63) is 52.6 Å². The quantitative estimate of drug-likeness (QED) is 0.885. The van der Waals surface area contributed by atoms with Crippen LogP contribution >= 0.6 is 0 Å². The SMILES string of the molecule is COc1cc(Cc2ccc(OC)c(C)c2)c(C(=O)O)c(OC)c1. The number of methoxy groups -OCH3 is 3. The Balaban J connectivity index is 2.49. The lowest BCUT2D eigenvalue weighted by Gasteiger charge is -2.14. The Kier molecular flexibility index (Phi) is 5.11. The molecule has 2 aromatic rings. The fourth-order valence-corrected chi connectivity index (χ4v) is 2.58. The molecule has 0 heterocycles. The fraction of sp³-hybridized carbons (Fsp3) is 0.278. The van der Waals surface area contributed by atoms with E-state index in [0.29, 0.717) is 17.7 Å². The predicted octanol–water partition coefficient (Wildman–Crippen LogP) is 3.31. The number of carbonyl (C=O) groups is 1. The Morgan fingerprint density at radius 1 is 1.00 bits per heavy atom. The van der Waals surface area contributed by atoms with E-state index in [2.05, 4.69) is 0 Å². The van der Waals surface area contributed by atoms with E-state index in [1.54, 1.807) is 19.2 Å². The molecule has 5 heteroatoms. The van der Waals surface area contributed by atoms with Crippen molar-refractivity contribution in [2.45, 2.75) is 13.3 Å². The van der Waals surface area contributed by atoms with Crippen LogP contribution in [0.25, 0.3) is 0 Å². The Hall–Kier alpha value is -2.69. The second-order valence-electron chi connectivity index (χ2n) is 5.15. The third-order valence-electron chi connectivity index (χ3n) is 3.68. The first-order valence-electron chi connectivity index (χ1n) is 7.11. The first-order chi connectivity index (χ1) is 11.0. The van der Waals surface area contributed by atoms with Gasteiger partial charge in [0.15, 0.2) is 0 Å². The van der Waals surface area contributed by atoms with Gasteiger partial charge in [-0.15, -0.1) is 0 Å². The van der Waals surface area contributed by atoms with Crippen LogP contribution in [0.5, 0.6) is 17.2 Å². The molecule has 0 saturated carbocycles. The number of carboxylic acids is 1. The van der Waals surface area contributed by atoms with Gasteiger partial charge in [-0.2, -0.15) is 0 Å². The number of rotatable bonds is 6. The van der Waals surface area contributed by atoms with Crippen molar-refractivity contribution in [1.82, 2.24) is 0 Å². The lowest BCUT2D eigenvalue weighted by Crippen LogP contribution is -2.07. The normalized spacial score (nSPS) is 10.3. The highest BCUT2D eigenvalue weighted by atomic mass is 16.5. The number of hydrogen-bond acceptors (Lipinski definition) is 4. The fourth-order valence-electron chi connectivity index (χ4n) is 2.58. The van der Waals surface area contributed by atoms with Gasteiger partial charge >= 0.3 is 5.97 Å². The largest absolute Gasteiger partial charge is 0.497 e. The molecule has 0 bridgehead atoms. The van der Waals surface area contributed by atoms with Crippen LogP contribution in [0.2, 0.25) is 0 Å². The number of ether oxygens (including phenoxy) is 3. The van der Waals surface area contributed by atoms with E-state index in [4.69, 9.17) is 14.2 Å². The van der Waals surface area contributed by atoms with Crippen molar-refractivity contribution >= 4 is 5.97 Å². The van der Waals surface area contributed by atoms with Crippen molar-refractivity contribution in [1.29, 1.82) is 0 Å². The van der Waals surface area contributed by atoms with Gasteiger partial charge in [0, 0.05) is 6.07 Å². The molecule has 0 atom stereocenters. The Morgan fingerprint density at radius 3 is 2.22 bits per heavy atom. The van der Waals surface area contributed by atoms with Gasteiger partial charge in [-0.1, -0.05) is 12.1 Å². The molecular weight excluding hydrogens is 296 g/mol. The van der Waals surface area contributed by atoms with Crippen LogP contribution in [-0.2, 0) is 6.42 Å². The highest BCUT2D eigenvalue weighted by molar-refractivity contribution is 5.93. The van der Waals surface area contributed by atoms with Crippen LogP contribution in [0.3, 0.4) is 0 Å². The van der Waals surface area contributed by atoms with E-state index in [-0.39, 0.29) is 11.3 Å². The van der Waals surface area contributed by atoms with Crippen LogP contribution in [-0.4, -0.2) is 32.4 Å². The van der Waals surface area contributed by atoms with Gasteiger partial charge in [0.05, 0.1) is 21.3 Å². The minimum Gasteiger partial charge on any atom is -0.497 e. The second kappa shape index (κ2) is 7.05. The molecule has 1 N–H and O–H groups in total. The minimum atomic E-state index is -1.02. The summed E-state index contributed by atoms with van der Waals surface area (Å²) in [5.41, 5.74) is 2.78. The Morgan fingerprint density at radius 2 is 1.70 bits per heavy atom. The van der Waals surface area contributed by atoms with Gasteiger partial charge in [-0.3, -0.25) is 0 Å². The molecule has 0 aliphatic carbocycles. The first kappa shape index (κ1) is 16.7. The number of aryl methyl sites for hydroxylation is 1. The molecule has 0 aliphatic rings. The highest BCUT2D eigenvalue weighted by Gasteiger charge is 2.19. The highest BCUT2D eigenvalue weighted by Crippen LogP contribution is 2.31. The number of benzene rings is 2. The van der Waals surface area contributed by atoms with Gasteiger partial charge < -0.3 is 19.3 Å². The lowest BCUT2D eigenvalue weighted by molar-refractivity contribution is 0.0692. The molecule has 23 heavy (non-hydrogen) atoms. The molecular formula is C18H20O5. The summed E-state index contributed by atoms with van der Waals surface area (Å²) >= 11 is 0. The number of carboxylic acid groups (broad SMARTS) is 1. The van der Waals surface area contributed by atoms with Gasteiger partial charge in [0.2, 0.25) is 0 Å². The molecule has 0 radical (unpaired) electrons. The van der Waals surface area contributed by atoms with Crippen molar-refractivity contribution < 1.29 is 24.1 Å². The second-order valence-corrected chi connectivity index (χ2v) is 5.15.